The maximum absolute atomic E-state index is 12.2. The molecule has 1 radical (unpaired) electrons. The summed E-state index contributed by atoms with van der Waals surface area (Å²) < 4.78 is 36.5. The van der Waals surface area contributed by atoms with Crippen LogP contribution in [0.1, 0.15) is 10.4 Å². The minimum Gasteiger partial charge on any atom is -0.351 e. The van der Waals surface area contributed by atoms with E-state index in [9.17, 15) is 32.3 Å². The number of nitrogens with zero attached hydrogens (tertiary/aromatic N) is 2. The SMILES string of the molecule is NC(=O)N1C(=O)[N]C(=O)c2cc(NC(=O)C(F)(F)F)ccc21. The van der Waals surface area contributed by atoms with Gasteiger partial charge in [0.15, 0.2) is 0 Å². The molecule has 0 atom stereocenters. The fourth-order valence-electron chi connectivity index (χ4n) is 1.70. The first-order valence-electron chi connectivity index (χ1n) is 5.53. The number of rotatable bonds is 1. The van der Waals surface area contributed by atoms with Crippen LogP contribution in [-0.2, 0) is 4.79 Å². The highest BCUT2D eigenvalue weighted by molar-refractivity contribution is 6.25. The van der Waals surface area contributed by atoms with Gasteiger partial charge in [-0.25, -0.2) is 14.5 Å². The summed E-state index contributed by atoms with van der Waals surface area (Å²) in [6.07, 6.45) is -5.11. The van der Waals surface area contributed by atoms with Crippen molar-refractivity contribution in [1.82, 2.24) is 5.32 Å². The van der Waals surface area contributed by atoms with Crippen LogP contribution in [0.4, 0.5) is 34.1 Å². The molecule has 1 aliphatic heterocycles. The topological polar surface area (TPSA) is 124 Å². The van der Waals surface area contributed by atoms with Gasteiger partial charge in [-0.15, -0.1) is 0 Å². The number of anilines is 2. The average Bonchev–Trinajstić information content (AvgIpc) is 2.37. The number of imide groups is 2. The third kappa shape index (κ3) is 2.68. The van der Waals surface area contributed by atoms with Crippen LogP contribution in [0.2, 0.25) is 0 Å². The van der Waals surface area contributed by atoms with Crippen LogP contribution in [-0.4, -0.2) is 30.1 Å². The molecule has 1 aromatic carbocycles. The predicted octanol–water partition coefficient (Wildman–Crippen LogP) is 0.951. The summed E-state index contributed by atoms with van der Waals surface area (Å²) in [6.45, 7) is 0. The predicted molar refractivity (Wildman–Crippen MR) is 65.0 cm³/mol. The van der Waals surface area contributed by atoms with E-state index in [1.807, 2.05) is 0 Å². The van der Waals surface area contributed by atoms with Crippen LogP contribution >= 0.6 is 0 Å². The lowest BCUT2D eigenvalue weighted by Gasteiger charge is -2.24. The fourth-order valence-corrected chi connectivity index (χ4v) is 1.70. The molecule has 0 aromatic heterocycles. The van der Waals surface area contributed by atoms with Crippen LogP contribution in [0, 0.1) is 0 Å². The van der Waals surface area contributed by atoms with Crippen LogP contribution in [0.15, 0.2) is 18.2 Å². The van der Waals surface area contributed by atoms with Gasteiger partial charge in [0.25, 0.3) is 5.91 Å². The van der Waals surface area contributed by atoms with Gasteiger partial charge < -0.3 is 11.1 Å². The summed E-state index contributed by atoms with van der Waals surface area (Å²) in [6, 6.07) is 0.403. The van der Waals surface area contributed by atoms with Gasteiger partial charge in [-0.05, 0) is 18.2 Å². The van der Waals surface area contributed by atoms with Crippen molar-refractivity contribution < 1.29 is 32.3 Å². The summed E-state index contributed by atoms with van der Waals surface area (Å²) in [5.41, 5.74) is 4.03. The van der Waals surface area contributed by atoms with Gasteiger partial charge in [-0.3, -0.25) is 9.59 Å². The molecule has 0 fully saturated rings. The summed E-state index contributed by atoms with van der Waals surface area (Å²) in [4.78, 5) is 45.4. The zero-order valence-corrected chi connectivity index (χ0v) is 10.5. The number of hydrogen-bond acceptors (Lipinski definition) is 4. The van der Waals surface area contributed by atoms with E-state index in [0.29, 0.717) is 4.90 Å². The molecule has 1 aromatic rings. The largest absolute Gasteiger partial charge is 0.471 e. The van der Waals surface area contributed by atoms with Crippen molar-refractivity contribution in [2.75, 3.05) is 10.2 Å². The van der Waals surface area contributed by atoms with E-state index in [1.165, 1.54) is 5.32 Å². The first kappa shape index (κ1) is 15.3. The highest BCUT2D eigenvalue weighted by Gasteiger charge is 2.39. The Bertz CT molecular complexity index is 701. The first-order valence-corrected chi connectivity index (χ1v) is 5.53. The van der Waals surface area contributed by atoms with Crippen molar-refractivity contribution in [1.29, 1.82) is 0 Å². The molecule has 0 bridgehead atoms. The summed E-state index contributed by atoms with van der Waals surface area (Å²) in [5.74, 6) is -3.31. The van der Waals surface area contributed by atoms with Crippen molar-refractivity contribution in [3.8, 4) is 0 Å². The van der Waals surface area contributed by atoms with Crippen LogP contribution in [0.5, 0.6) is 0 Å². The van der Waals surface area contributed by atoms with Gasteiger partial charge in [0, 0.05) is 5.69 Å². The van der Waals surface area contributed by atoms with Crippen LogP contribution in [0.3, 0.4) is 0 Å². The average molecular weight is 315 g/mol. The van der Waals surface area contributed by atoms with Gasteiger partial charge >= 0.3 is 24.1 Å². The molecule has 0 saturated carbocycles. The molecule has 0 spiro atoms. The number of primary amides is 1. The minimum absolute atomic E-state index is 0.234. The van der Waals surface area contributed by atoms with Gasteiger partial charge in [0.05, 0.1) is 11.3 Å². The number of carbonyl (C=O) groups excluding carboxylic acids is 4. The van der Waals surface area contributed by atoms with E-state index in [1.54, 1.807) is 0 Å². The summed E-state index contributed by atoms with van der Waals surface area (Å²) in [7, 11) is 0. The number of urea groups is 2. The number of benzene rings is 1. The zero-order chi connectivity index (χ0) is 16.7. The number of halogens is 3. The standard InChI is InChI=1S/C11H6F3N4O4/c12-11(13,14)8(20)16-4-1-2-6-5(3-4)7(19)17-10(22)18(6)9(15)21/h1-3H,(H2,15,21)(H,16,20). The van der Waals surface area contributed by atoms with Crippen molar-refractivity contribution in [3.63, 3.8) is 0 Å². The van der Waals surface area contributed by atoms with E-state index < -0.39 is 30.1 Å². The highest BCUT2D eigenvalue weighted by Crippen LogP contribution is 2.29. The van der Waals surface area contributed by atoms with Gasteiger partial charge in [0.1, 0.15) is 0 Å². The molecule has 6 amide bonds. The molecule has 22 heavy (non-hydrogen) atoms. The Morgan fingerprint density at radius 3 is 2.41 bits per heavy atom. The normalized spacial score (nSPS) is 14.2. The van der Waals surface area contributed by atoms with Crippen molar-refractivity contribution in [2.24, 2.45) is 5.73 Å². The van der Waals surface area contributed by atoms with Crippen LogP contribution in [0.25, 0.3) is 0 Å². The van der Waals surface area contributed by atoms with Crippen molar-refractivity contribution in [2.45, 2.75) is 6.18 Å². The molecular formula is C11H6F3N4O4. The Kier molecular flexibility index (Phi) is 3.49. The lowest BCUT2D eigenvalue weighted by atomic mass is 10.1. The monoisotopic (exact) mass is 315 g/mol. The zero-order valence-electron chi connectivity index (χ0n) is 10.5. The molecule has 0 unspecified atom stereocenters. The Morgan fingerprint density at radius 1 is 1.23 bits per heavy atom. The maximum atomic E-state index is 12.2. The molecule has 1 heterocycles. The quantitative estimate of drug-likeness (QED) is 0.800. The molecule has 2 rings (SSSR count). The molecular weight excluding hydrogens is 309 g/mol. The van der Waals surface area contributed by atoms with E-state index in [0.717, 1.165) is 18.2 Å². The highest BCUT2D eigenvalue weighted by atomic mass is 19.4. The third-order valence-electron chi connectivity index (χ3n) is 2.59. The Balaban J connectivity index is 2.40. The number of alkyl halides is 3. The second kappa shape index (κ2) is 5.02. The van der Waals surface area contributed by atoms with E-state index in [2.05, 4.69) is 5.32 Å². The van der Waals surface area contributed by atoms with E-state index >= 15 is 0 Å². The molecule has 115 valence electrons. The number of amides is 6. The Hall–Kier alpha value is -3.11. The number of hydrogen-bond donors (Lipinski definition) is 2. The lowest BCUT2D eigenvalue weighted by molar-refractivity contribution is -0.167. The van der Waals surface area contributed by atoms with Gasteiger partial charge in [-0.1, -0.05) is 0 Å². The van der Waals surface area contributed by atoms with E-state index in [-0.39, 0.29) is 16.9 Å². The third-order valence-corrected chi connectivity index (χ3v) is 2.59. The molecule has 1 aliphatic rings. The summed E-state index contributed by atoms with van der Waals surface area (Å²) in [5, 5.41) is 4.54. The Labute approximate surface area is 120 Å². The number of nitrogens with one attached hydrogen (secondary N) is 1. The minimum atomic E-state index is -5.11. The lowest BCUT2D eigenvalue weighted by Crippen LogP contribution is -2.49. The Morgan fingerprint density at radius 2 is 1.86 bits per heavy atom. The summed E-state index contributed by atoms with van der Waals surface area (Å²) >= 11 is 0. The molecule has 0 aliphatic carbocycles. The van der Waals surface area contributed by atoms with Crippen LogP contribution < -0.4 is 21.3 Å². The number of carbonyl (C=O) groups is 4. The number of fused-ring (bicyclic) bond motifs is 1. The molecule has 3 N–H and O–H groups in total. The second-order valence-electron chi connectivity index (χ2n) is 4.06. The van der Waals surface area contributed by atoms with Gasteiger partial charge in [0.2, 0.25) is 0 Å². The fraction of sp³-hybridized carbons (Fsp3) is 0.0909. The van der Waals surface area contributed by atoms with Crippen molar-refractivity contribution >= 4 is 35.3 Å². The first-order chi connectivity index (χ1) is 10.1. The van der Waals surface area contributed by atoms with Gasteiger partial charge in [-0.2, -0.15) is 18.5 Å². The van der Waals surface area contributed by atoms with E-state index in [4.69, 9.17) is 5.73 Å². The second-order valence-corrected chi connectivity index (χ2v) is 4.06. The van der Waals surface area contributed by atoms with Crippen molar-refractivity contribution in [3.05, 3.63) is 23.8 Å². The maximum Gasteiger partial charge on any atom is 0.471 e. The smallest absolute Gasteiger partial charge is 0.351 e. The molecule has 0 saturated heterocycles. The molecule has 8 nitrogen and oxygen atoms in total. The molecule has 11 heteroatoms. The number of nitrogens with two attached hydrogens (primary N) is 1.